The van der Waals surface area contributed by atoms with Crippen LogP contribution in [0.5, 0.6) is 0 Å². The third kappa shape index (κ3) is 4.62. The number of hydrogen-bond acceptors (Lipinski definition) is 4. The zero-order valence-corrected chi connectivity index (χ0v) is 18.3. The number of aromatic amines is 2. The van der Waals surface area contributed by atoms with Crippen LogP contribution in [-0.4, -0.2) is 44.1 Å². The second kappa shape index (κ2) is 9.28. The van der Waals surface area contributed by atoms with E-state index in [2.05, 4.69) is 39.1 Å². The number of allylic oxidation sites excluding steroid dienone is 2. The van der Waals surface area contributed by atoms with E-state index in [1.165, 1.54) is 6.20 Å². The fourth-order valence-electron chi connectivity index (χ4n) is 4.08. The molecule has 0 saturated heterocycles. The first-order chi connectivity index (χ1) is 15.4. The minimum absolute atomic E-state index is 0.0127. The second-order valence-electron chi connectivity index (χ2n) is 7.94. The third-order valence-corrected chi connectivity index (χ3v) is 5.89. The van der Waals surface area contributed by atoms with Crippen molar-refractivity contribution in [3.8, 4) is 0 Å². The van der Waals surface area contributed by atoms with Gasteiger partial charge in [-0.05, 0) is 62.5 Å². The van der Waals surface area contributed by atoms with Gasteiger partial charge in [-0.25, -0.2) is 4.99 Å². The van der Waals surface area contributed by atoms with E-state index >= 15 is 0 Å². The number of nitrogens with one attached hydrogen (secondary N) is 2. The van der Waals surface area contributed by atoms with Crippen molar-refractivity contribution in [3.05, 3.63) is 53.0 Å². The van der Waals surface area contributed by atoms with Gasteiger partial charge in [0.25, 0.3) is 0 Å². The van der Waals surface area contributed by atoms with Crippen molar-refractivity contribution < 1.29 is 13.2 Å². The number of aromatic nitrogens is 4. The lowest BCUT2D eigenvalue weighted by Gasteiger charge is -2.17. The fourth-order valence-corrected chi connectivity index (χ4v) is 4.08. The number of aliphatic imine (C=N–C) groups is 1. The molecule has 0 radical (unpaired) electrons. The minimum Gasteiger partial charge on any atom is -0.298 e. The number of fused-ring (bicyclic) bond motifs is 1. The maximum absolute atomic E-state index is 13.6. The highest BCUT2D eigenvalue weighted by atomic mass is 19.4. The average molecular weight is 445 g/mol. The van der Waals surface area contributed by atoms with Crippen LogP contribution in [0.1, 0.15) is 56.5 Å². The van der Waals surface area contributed by atoms with Crippen LogP contribution in [0, 0.1) is 0 Å². The summed E-state index contributed by atoms with van der Waals surface area (Å²) in [5, 5.41) is 14.3. The van der Waals surface area contributed by atoms with Gasteiger partial charge in [0.2, 0.25) is 0 Å². The van der Waals surface area contributed by atoms with E-state index in [0.29, 0.717) is 24.4 Å². The zero-order valence-electron chi connectivity index (χ0n) is 18.3. The summed E-state index contributed by atoms with van der Waals surface area (Å²) in [5.74, 6) is 0. The lowest BCUT2D eigenvalue weighted by atomic mass is 9.92. The predicted octanol–water partition coefficient (Wildman–Crippen LogP) is 5.77. The number of rotatable bonds is 7. The maximum Gasteiger partial charge on any atom is 0.435 e. The molecule has 9 heteroatoms. The number of hydrogen-bond donors (Lipinski definition) is 2. The Morgan fingerprint density at radius 2 is 1.97 bits per heavy atom. The molecule has 2 heterocycles. The Bertz CT molecular complexity index is 1130. The summed E-state index contributed by atoms with van der Waals surface area (Å²) in [7, 11) is 0. The van der Waals surface area contributed by atoms with Crippen LogP contribution < -0.4 is 0 Å². The number of alkyl halides is 3. The van der Waals surface area contributed by atoms with Gasteiger partial charge in [0.05, 0.1) is 28.2 Å². The first kappa shape index (κ1) is 22.3. The van der Waals surface area contributed by atoms with Crippen molar-refractivity contribution in [1.82, 2.24) is 25.3 Å². The molecule has 0 aliphatic heterocycles. The van der Waals surface area contributed by atoms with Crippen LogP contribution in [0.25, 0.3) is 10.9 Å². The van der Waals surface area contributed by atoms with E-state index in [1.54, 1.807) is 6.07 Å². The summed E-state index contributed by atoms with van der Waals surface area (Å²) >= 11 is 0. The molecule has 0 spiro atoms. The Hall–Kier alpha value is -2.94. The first-order valence-corrected chi connectivity index (χ1v) is 11.0. The Kier molecular flexibility index (Phi) is 6.45. The van der Waals surface area contributed by atoms with Crippen molar-refractivity contribution in [2.45, 2.75) is 52.3 Å². The van der Waals surface area contributed by atoms with Gasteiger partial charge in [-0.1, -0.05) is 19.9 Å². The van der Waals surface area contributed by atoms with Crippen LogP contribution in [-0.2, 0) is 12.7 Å². The molecule has 1 aliphatic rings. The number of nitrogens with zero attached hydrogens (tertiary/aromatic N) is 4. The topological polar surface area (TPSA) is 73.0 Å². The minimum atomic E-state index is -4.56. The molecule has 0 amide bonds. The van der Waals surface area contributed by atoms with Gasteiger partial charge in [-0.2, -0.15) is 23.4 Å². The van der Waals surface area contributed by atoms with E-state index in [-0.39, 0.29) is 5.56 Å². The lowest BCUT2D eigenvalue weighted by Crippen LogP contribution is -2.22. The predicted molar refractivity (Wildman–Crippen MR) is 119 cm³/mol. The highest BCUT2D eigenvalue weighted by Crippen LogP contribution is 2.34. The van der Waals surface area contributed by atoms with Crippen LogP contribution in [0.15, 0.2) is 41.0 Å². The molecule has 32 heavy (non-hydrogen) atoms. The first-order valence-electron chi connectivity index (χ1n) is 11.0. The van der Waals surface area contributed by atoms with Gasteiger partial charge >= 0.3 is 6.18 Å². The number of benzene rings is 1. The normalized spacial score (nSPS) is 15.6. The van der Waals surface area contributed by atoms with Gasteiger partial charge in [0.15, 0.2) is 5.69 Å². The third-order valence-electron chi connectivity index (χ3n) is 5.89. The van der Waals surface area contributed by atoms with E-state index in [4.69, 9.17) is 4.99 Å². The van der Waals surface area contributed by atoms with Crippen LogP contribution >= 0.6 is 0 Å². The monoisotopic (exact) mass is 444 g/mol. The van der Waals surface area contributed by atoms with Crippen molar-refractivity contribution in [2.24, 2.45) is 4.99 Å². The molecule has 0 atom stereocenters. The molecular formula is C23H27F3N6. The van der Waals surface area contributed by atoms with Gasteiger partial charge < -0.3 is 0 Å². The van der Waals surface area contributed by atoms with Gasteiger partial charge in [-0.3, -0.25) is 15.1 Å². The van der Waals surface area contributed by atoms with Gasteiger partial charge in [0, 0.05) is 18.1 Å². The smallest absolute Gasteiger partial charge is 0.298 e. The summed E-state index contributed by atoms with van der Waals surface area (Å²) in [5.41, 5.74) is 2.59. The molecule has 170 valence electrons. The Balaban J connectivity index is 1.80. The maximum atomic E-state index is 13.6. The molecule has 0 saturated carbocycles. The molecule has 0 unspecified atom stereocenters. The highest BCUT2D eigenvalue weighted by molar-refractivity contribution is 6.14. The lowest BCUT2D eigenvalue weighted by molar-refractivity contribution is -0.141. The molecule has 0 fully saturated rings. The number of H-pyrrole nitrogens is 2. The largest absolute Gasteiger partial charge is 0.435 e. The van der Waals surface area contributed by atoms with E-state index < -0.39 is 11.9 Å². The van der Waals surface area contributed by atoms with E-state index in [0.717, 1.165) is 54.5 Å². The highest BCUT2D eigenvalue weighted by Gasteiger charge is 2.38. The standard InChI is InChI=1S/C23H27F3N6/c1-3-32(4-2)14-20-17-12-16(10-11-19(17)29-30-20)28-21(15-8-6-5-7-9-15)18-13-27-31-22(18)23(24,25)26/h8,10-13H,3-7,9,14H2,1-2H3,(H,27,31)(H,29,30)/b28-21+. The second-order valence-corrected chi connectivity index (χ2v) is 7.94. The van der Waals surface area contributed by atoms with E-state index in [1.807, 2.05) is 18.2 Å². The molecule has 1 aliphatic carbocycles. The van der Waals surface area contributed by atoms with Gasteiger partial charge in [0.1, 0.15) is 0 Å². The van der Waals surface area contributed by atoms with Crippen molar-refractivity contribution in [2.75, 3.05) is 13.1 Å². The van der Waals surface area contributed by atoms with Crippen molar-refractivity contribution >= 4 is 22.3 Å². The summed E-state index contributed by atoms with van der Waals surface area (Å²) in [6.45, 7) is 6.70. The molecule has 2 N–H and O–H groups in total. The molecule has 3 aromatic rings. The summed E-state index contributed by atoms with van der Waals surface area (Å²) in [6.07, 6.45) is 2.22. The van der Waals surface area contributed by atoms with Crippen LogP contribution in [0.2, 0.25) is 0 Å². The van der Waals surface area contributed by atoms with Crippen molar-refractivity contribution in [3.63, 3.8) is 0 Å². The van der Waals surface area contributed by atoms with Crippen LogP contribution in [0.4, 0.5) is 18.9 Å². The summed E-state index contributed by atoms with van der Waals surface area (Å²) in [4.78, 5) is 6.98. The molecule has 6 nitrogen and oxygen atoms in total. The quantitative estimate of drug-likeness (QED) is 0.455. The van der Waals surface area contributed by atoms with Crippen LogP contribution in [0.3, 0.4) is 0 Å². The Labute approximate surface area is 184 Å². The zero-order chi connectivity index (χ0) is 22.7. The molecule has 1 aromatic carbocycles. The molecule has 4 rings (SSSR count). The van der Waals surface area contributed by atoms with Crippen molar-refractivity contribution in [1.29, 1.82) is 0 Å². The molecular weight excluding hydrogens is 417 g/mol. The summed E-state index contributed by atoms with van der Waals surface area (Å²) in [6, 6.07) is 5.58. The Morgan fingerprint density at radius 3 is 2.66 bits per heavy atom. The molecule has 2 aromatic heterocycles. The fraction of sp³-hybridized carbons (Fsp3) is 0.435. The molecule has 0 bridgehead atoms. The van der Waals surface area contributed by atoms with Gasteiger partial charge in [-0.15, -0.1) is 0 Å². The average Bonchev–Trinajstić information content (AvgIpc) is 3.43. The SMILES string of the molecule is CCN(CC)Cc1n[nH]c2ccc(/N=C(\C3=CCCCC3)c3c[nH]nc3C(F)(F)F)cc12. The summed E-state index contributed by atoms with van der Waals surface area (Å²) < 4.78 is 40.7. The number of halogens is 3. The van der Waals surface area contributed by atoms with E-state index in [9.17, 15) is 13.2 Å². The Morgan fingerprint density at radius 1 is 1.16 bits per heavy atom.